The Balaban J connectivity index is 1.96. The number of benzene rings is 1. The zero-order valence-electron chi connectivity index (χ0n) is 11.2. The van der Waals surface area contributed by atoms with Crippen LogP contribution >= 0.6 is 0 Å². The Hall–Kier alpha value is -1.88. The van der Waals surface area contributed by atoms with Gasteiger partial charge in [0.25, 0.3) is 0 Å². The van der Waals surface area contributed by atoms with Crippen LogP contribution < -0.4 is 4.90 Å². The third kappa shape index (κ3) is 2.10. The molecule has 0 radical (unpaired) electrons. The van der Waals surface area contributed by atoms with E-state index in [1.54, 1.807) is 17.9 Å². The maximum Gasteiger partial charge on any atom is 0.122 e. The maximum atomic E-state index is 10.4. The Bertz CT molecular complexity index is 593. The van der Waals surface area contributed by atoms with Crippen molar-refractivity contribution in [1.29, 1.82) is 0 Å². The lowest BCUT2D eigenvalue weighted by Crippen LogP contribution is -2.24. The minimum absolute atomic E-state index is 0.669. The van der Waals surface area contributed by atoms with E-state index in [0.29, 0.717) is 5.69 Å². The topological polar surface area (TPSA) is 54.2 Å². The summed E-state index contributed by atoms with van der Waals surface area (Å²) in [5.41, 5.74) is 4.19. The Morgan fingerprint density at radius 3 is 2.89 bits per heavy atom. The van der Waals surface area contributed by atoms with Crippen LogP contribution in [0.15, 0.2) is 24.4 Å². The molecule has 1 N–H and O–H groups in total. The number of hydrogen-bond acceptors (Lipinski definition) is 4. The fourth-order valence-electron chi connectivity index (χ4n) is 2.69. The highest BCUT2D eigenvalue weighted by Crippen LogP contribution is 2.30. The number of fused-ring (bicyclic) bond motifs is 1. The van der Waals surface area contributed by atoms with Gasteiger partial charge < -0.3 is 10.0 Å². The van der Waals surface area contributed by atoms with E-state index in [4.69, 9.17) is 0 Å². The van der Waals surface area contributed by atoms with Gasteiger partial charge in [0.05, 0.1) is 11.9 Å². The van der Waals surface area contributed by atoms with Crippen LogP contribution in [0.25, 0.3) is 0 Å². The molecule has 0 amide bonds. The number of aliphatic hydroxyl groups is 1. The minimum atomic E-state index is -0.669. The molecular formula is C14H18N4O. The molecule has 0 saturated heterocycles. The molecule has 2 heterocycles. The van der Waals surface area contributed by atoms with Crippen LogP contribution in [0.5, 0.6) is 0 Å². The summed E-state index contributed by atoms with van der Waals surface area (Å²) in [5.74, 6) is 0. The average molecular weight is 258 g/mol. The van der Waals surface area contributed by atoms with E-state index in [2.05, 4.69) is 34.4 Å². The summed E-state index contributed by atoms with van der Waals surface area (Å²) < 4.78 is 1.61. The SMILES string of the molecule is CN1CCCc2cc(C(O)c3cnnn3C)ccc21. The zero-order chi connectivity index (χ0) is 13.4. The second-order valence-corrected chi connectivity index (χ2v) is 5.10. The molecule has 2 aromatic rings. The molecule has 0 saturated carbocycles. The molecule has 5 nitrogen and oxygen atoms in total. The van der Waals surface area contributed by atoms with Crippen molar-refractivity contribution in [3.63, 3.8) is 0 Å². The van der Waals surface area contributed by atoms with Gasteiger partial charge in [-0.05, 0) is 30.0 Å². The molecule has 1 atom stereocenters. The molecule has 3 rings (SSSR count). The first-order chi connectivity index (χ1) is 9.16. The predicted octanol–water partition coefficient (Wildman–Crippen LogP) is 1.28. The number of nitrogens with zero attached hydrogens (tertiary/aromatic N) is 4. The average Bonchev–Trinajstić information content (AvgIpc) is 2.84. The number of rotatable bonds is 2. The highest BCUT2D eigenvalue weighted by atomic mass is 16.3. The van der Waals surface area contributed by atoms with Crippen molar-refractivity contribution >= 4 is 5.69 Å². The molecule has 0 bridgehead atoms. The second-order valence-electron chi connectivity index (χ2n) is 5.10. The summed E-state index contributed by atoms with van der Waals surface area (Å²) in [6, 6.07) is 6.18. The van der Waals surface area contributed by atoms with Crippen LogP contribution in [0.3, 0.4) is 0 Å². The maximum absolute atomic E-state index is 10.4. The third-order valence-corrected chi connectivity index (χ3v) is 3.80. The van der Waals surface area contributed by atoms with E-state index in [9.17, 15) is 5.11 Å². The lowest BCUT2D eigenvalue weighted by Gasteiger charge is -2.28. The van der Waals surface area contributed by atoms with Crippen LogP contribution in [0.4, 0.5) is 5.69 Å². The molecule has 0 spiro atoms. The van der Waals surface area contributed by atoms with Crippen molar-refractivity contribution in [3.05, 3.63) is 41.2 Å². The molecule has 1 aromatic carbocycles. The van der Waals surface area contributed by atoms with Crippen LogP contribution in [0.1, 0.15) is 29.3 Å². The summed E-state index contributed by atoms with van der Waals surface area (Å²) in [6.07, 6.45) is 3.17. The van der Waals surface area contributed by atoms with Crippen molar-refractivity contribution in [2.24, 2.45) is 7.05 Å². The molecular weight excluding hydrogens is 240 g/mol. The van der Waals surface area contributed by atoms with Crippen LogP contribution in [0, 0.1) is 0 Å². The summed E-state index contributed by atoms with van der Waals surface area (Å²) in [5, 5.41) is 18.1. The van der Waals surface area contributed by atoms with E-state index in [-0.39, 0.29) is 0 Å². The largest absolute Gasteiger partial charge is 0.382 e. The molecule has 1 aliphatic heterocycles. The quantitative estimate of drug-likeness (QED) is 0.881. The first-order valence-electron chi connectivity index (χ1n) is 6.53. The summed E-state index contributed by atoms with van der Waals surface area (Å²) in [4.78, 5) is 2.26. The molecule has 0 fully saturated rings. The second kappa shape index (κ2) is 4.66. The number of aromatic nitrogens is 3. The lowest BCUT2D eigenvalue weighted by atomic mass is 9.97. The van der Waals surface area contributed by atoms with Crippen molar-refractivity contribution in [3.8, 4) is 0 Å². The third-order valence-electron chi connectivity index (χ3n) is 3.80. The van der Waals surface area contributed by atoms with Crippen LogP contribution in [-0.4, -0.2) is 33.7 Å². The van der Waals surface area contributed by atoms with Gasteiger partial charge >= 0.3 is 0 Å². The zero-order valence-corrected chi connectivity index (χ0v) is 11.2. The smallest absolute Gasteiger partial charge is 0.122 e. The van der Waals surface area contributed by atoms with Crippen LogP contribution in [0.2, 0.25) is 0 Å². The molecule has 1 aliphatic rings. The van der Waals surface area contributed by atoms with Crippen molar-refractivity contribution in [1.82, 2.24) is 15.0 Å². The molecule has 0 aliphatic carbocycles. The van der Waals surface area contributed by atoms with Crippen molar-refractivity contribution in [2.75, 3.05) is 18.5 Å². The van der Waals surface area contributed by atoms with E-state index in [1.165, 1.54) is 11.3 Å². The molecule has 1 aromatic heterocycles. The number of aliphatic hydroxyl groups excluding tert-OH is 1. The summed E-state index contributed by atoms with van der Waals surface area (Å²) in [7, 11) is 3.90. The van der Waals surface area contributed by atoms with Gasteiger partial charge in [-0.1, -0.05) is 17.3 Å². The molecule has 1 unspecified atom stereocenters. The van der Waals surface area contributed by atoms with E-state index >= 15 is 0 Å². The predicted molar refractivity (Wildman–Crippen MR) is 73.1 cm³/mol. The minimum Gasteiger partial charge on any atom is -0.382 e. The Morgan fingerprint density at radius 2 is 2.16 bits per heavy atom. The number of hydrogen-bond donors (Lipinski definition) is 1. The van der Waals surface area contributed by atoms with E-state index in [1.807, 2.05) is 6.07 Å². The van der Waals surface area contributed by atoms with Gasteiger partial charge in [-0.3, -0.25) is 0 Å². The molecule has 19 heavy (non-hydrogen) atoms. The summed E-state index contributed by atoms with van der Waals surface area (Å²) >= 11 is 0. The van der Waals surface area contributed by atoms with Crippen molar-refractivity contribution < 1.29 is 5.11 Å². The van der Waals surface area contributed by atoms with Gasteiger partial charge in [0.15, 0.2) is 0 Å². The standard InChI is InChI=1S/C14H18N4O/c1-17-7-3-4-10-8-11(5-6-12(10)17)14(19)13-9-15-16-18(13)2/h5-6,8-9,14,19H,3-4,7H2,1-2H3. The lowest BCUT2D eigenvalue weighted by molar-refractivity contribution is 0.209. The Kier molecular flexibility index (Phi) is 2.98. The molecule has 100 valence electrons. The highest BCUT2D eigenvalue weighted by Gasteiger charge is 2.19. The molecule has 5 heteroatoms. The van der Waals surface area contributed by atoms with Gasteiger partial charge in [-0.25, -0.2) is 4.68 Å². The first-order valence-corrected chi connectivity index (χ1v) is 6.53. The monoisotopic (exact) mass is 258 g/mol. The van der Waals surface area contributed by atoms with Gasteiger partial charge in [-0.15, -0.1) is 5.10 Å². The first kappa shape index (κ1) is 12.2. The number of aryl methyl sites for hydroxylation is 2. The van der Waals surface area contributed by atoms with E-state index in [0.717, 1.165) is 24.9 Å². The Morgan fingerprint density at radius 1 is 1.32 bits per heavy atom. The fourth-order valence-corrected chi connectivity index (χ4v) is 2.69. The van der Waals surface area contributed by atoms with Gasteiger partial charge in [0.1, 0.15) is 6.10 Å². The van der Waals surface area contributed by atoms with E-state index < -0.39 is 6.10 Å². The van der Waals surface area contributed by atoms with Gasteiger partial charge in [0, 0.05) is 26.3 Å². The summed E-state index contributed by atoms with van der Waals surface area (Å²) in [6.45, 7) is 1.10. The number of anilines is 1. The van der Waals surface area contributed by atoms with Crippen molar-refractivity contribution in [2.45, 2.75) is 18.9 Å². The fraction of sp³-hybridized carbons (Fsp3) is 0.429. The van der Waals surface area contributed by atoms with Gasteiger partial charge in [0.2, 0.25) is 0 Å². The van der Waals surface area contributed by atoms with Crippen LogP contribution in [-0.2, 0) is 13.5 Å². The highest BCUT2D eigenvalue weighted by molar-refractivity contribution is 5.56. The van der Waals surface area contributed by atoms with Gasteiger partial charge in [-0.2, -0.15) is 0 Å². The normalized spacial score (nSPS) is 16.3. The Labute approximate surface area is 112 Å².